The van der Waals surface area contributed by atoms with E-state index in [-0.39, 0.29) is 17.4 Å². The molecule has 2 aromatic heterocycles. The maximum absolute atomic E-state index is 12.1. The third kappa shape index (κ3) is 2.33. The number of aliphatic hydroxyl groups excluding tert-OH is 1. The van der Waals surface area contributed by atoms with Gasteiger partial charge in [-0.3, -0.25) is 13.9 Å². The predicted octanol–water partition coefficient (Wildman–Crippen LogP) is -0.405. The molecule has 0 saturated carbocycles. The molecule has 1 unspecified atom stereocenters. The van der Waals surface area contributed by atoms with E-state index >= 15 is 0 Å². The Bertz CT molecular complexity index is 708. The van der Waals surface area contributed by atoms with Gasteiger partial charge in [0, 0.05) is 20.6 Å². The molecule has 0 aromatic carbocycles. The molecule has 19 heavy (non-hydrogen) atoms. The standard InChI is InChI=1S/C12H18N4O3/c1-8(17)5-4-6-16-7-13-10-9(16)11(18)15(3)12(19)14(10)2/h7-8,17H,4-6H2,1-3H3. The van der Waals surface area contributed by atoms with Crippen LogP contribution in [-0.4, -0.2) is 29.9 Å². The highest BCUT2D eigenvalue weighted by molar-refractivity contribution is 5.69. The molecule has 0 aliphatic carbocycles. The summed E-state index contributed by atoms with van der Waals surface area (Å²) in [6.07, 6.45) is 2.61. The van der Waals surface area contributed by atoms with Crippen LogP contribution in [0.2, 0.25) is 0 Å². The summed E-state index contributed by atoms with van der Waals surface area (Å²) in [4.78, 5) is 28.0. The molecule has 7 heteroatoms. The van der Waals surface area contributed by atoms with Gasteiger partial charge in [-0.05, 0) is 19.8 Å². The van der Waals surface area contributed by atoms with Crippen molar-refractivity contribution in [2.45, 2.75) is 32.4 Å². The lowest BCUT2D eigenvalue weighted by Gasteiger charge is -2.07. The van der Waals surface area contributed by atoms with Crippen LogP contribution in [0, 0.1) is 0 Å². The Kier molecular flexibility index (Phi) is 3.57. The van der Waals surface area contributed by atoms with Crippen LogP contribution in [0.3, 0.4) is 0 Å². The Hall–Kier alpha value is -1.89. The van der Waals surface area contributed by atoms with Crippen LogP contribution in [0.25, 0.3) is 11.2 Å². The topological polar surface area (TPSA) is 82.1 Å². The zero-order valence-corrected chi connectivity index (χ0v) is 11.3. The summed E-state index contributed by atoms with van der Waals surface area (Å²) >= 11 is 0. The fraction of sp³-hybridized carbons (Fsp3) is 0.583. The summed E-state index contributed by atoms with van der Waals surface area (Å²) in [6, 6.07) is 0. The minimum atomic E-state index is -0.383. The van der Waals surface area contributed by atoms with Crippen LogP contribution in [0.4, 0.5) is 0 Å². The van der Waals surface area contributed by atoms with Gasteiger partial charge in [0.05, 0.1) is 12.4 Å². The van der Waals surface area contributed by atoms with Crippen LogP contribution < -0.4 is 11.2 Å². The van der Waals surface area contributed by atoms with Gasteiger partial charge in [-0.1, -0.05) is 0 Å². The second kappa shape index (κ2) is 5.00. The second-order valence-electron chi connectivity index (χ2n) is 4.81. The van der Waals surface area contributed by atoms with Crippen molar-refractivity contribution < 1.29 is 5.11 Å². The lowest BCUT2D eigenvalue weighted by atomic mass is 10.2. The van der Waals surface area contributed by atoms with E-state index in [2.05, 4.69) is 4.98 Å². The molecule has 2 aromatic rings. The molecule has 0 bridgehead atoms. The predicted molar refractivity (Wildman–Crippen MR) is 71.1 cm³/mol. The fourth-order valence-corrected chi connectivity index (χ4v) is 2.12. The number of aryl methyl sites for hydroxylation is 2. The van der Waals surface area contributed by atoms with Crippen LogP contribution in [-0.2, 0) is 20.6 Å². The zero-order chi connectivity index (χ0) is 14.2. The Morgan fingerprint density at radius 2 is 2.00 bits per heavy atom. The van der Waals surface area contributed by atoms with Crippen molar-refractivity contribution in [1.82, 2.24) is 18.7 Å². The van der Waals surface area contributed by atoms with Crippen molar-refractivity contribution in [1.29, 1.82) is 0 Å². The highest BCUT2D eigenvalue weighted by Crippen LogP contribution is 2.07. The maximum Gasteiger partial charge on any atom is 0.332 e. The number of imidazole rings is 1. The molecule has 0 radical (unpaired) electrons. The number of hydrogen-bond donors (Lipinski definition) is 1. The van der Waals surface area contributed by atoms with E-state index < -0.39 is 0 Å². The monoisotopic (exact) mass is 266 g/mol. The van der Waals surface area contributed by atoms with Crippen molar-refractivity contribution in [3.63, 3.8) is 0 Å². The van der Waals surface area contributed by atoms with Gasteiger partial charge in [0.25, 0.3) is 5.56 Å². The average Bonchev–Trinajstić information content (AvgIpc) is 2.77. The van der Waals surface area contributed by atoms with Crippen molar-refractivity contribution in [3.05, 3.63) is 27.2 Å². The van der Waals surface area contributed by atoms with Crippen molar-refractivity contribution in [2.75, 3.05) is 0 Å². The Labute approximate surface area is 109 Å². The molecule has 0 spiro atoms. The molecule has 0 aliphatic rings. The molecule has 0 aliphatic heterocycles. The minimum absolute atomic E-state index is 0.340. The van der Waals surface area contributed by atoms with Gasteiger partial charge in [-0.25, -0.2) is 9.78 Å². The first-order valence-electron chi connectivity index (χ1n) is 6.22. The van der Waals surface area contributed by atoms with E-state index in [1.54, 1.807) is 24.9 Å². The molecular formula is C12H18N4O3. The molecular weight excluding hydrogens is 248 g/mol. The molecule has 104 valence electrons. The van der Waals surface area contributed by atoms with Crippen LogP contribution >= 0.6 is 0 Å². The maximum atomic E-state index is 12.1. The summed E-state index contributed by atoms with van der Waals surface area (Å²) in [5, 5.41) is 9.24. The fourth-order valence-electron chi connectivity index (χ4n) is 2.12. The smallest absolute Gasteiger partial charge is 0.332 e. The number of rotatable bonds is 4. The Morgan fingerprint density at radius 1 is 1.32 bits per heavy atom. The molecule has 0 fully saturated rings. The summed E-state index contributed by atoms with van der Waals surface area (Å²) in [5.74, 6) is 0. The van der Waals surface area contributed by atoms with E-state index in [0.29, 0.717) is 24.1 Å². The average molecular weight is 266 g/mol. The molecule has 2 heterocycles. The third-order valence-electron chi connectivity index (χ3n) is 3.24. The van der Waals surface area contributed by atoms with Crippen LogP contribution in [0.5, 0.6) is 0 Å². The first-order chi connectivity index (χ1) is 8.93. The number of nitrogens with zero attached hydrogens (tertiary/aromatic N) is 4. The summed E-state index contributed by atoms with van der Waals surface area (Å²) < 4.78 is 4.18. The quantitative estimate of drug-likeness (QED) is 0.816. The highest BCUT2D eigenvalue weighted by Gasteiger charge is 2.13. The number of hydrogen-bond acceptors (Lipinski definition) is 4. The van der Waals surface area contributed by atoms with Crippen molar-refractivity contribution in [2.24, 2.45) is 14.1 Å². The third-order valence-corrected chi connectivity index (χ3v) is 3.24. The van der Waals surface area contributed by atoms with Crippen molar-refractivity contribution >= 4 is 11.2 Å². The molecule has 0 saturated heterocycles. The van der Waals surface area contributed by atoms with Gasteiger partial charge >= 0.3 is 5.69 Å². The summed E-state index contributed by atoms with van der Waals surface area (Å²) in [6.45, 7) is 2.32. The highest BCUT2D eigenvalue weighted by atomic mass is 16.3. The SMILES string of the molecule is CC(O)CCCn1cnc2c1c(=O)n(C)c(=O)n2C. The van der Waals surface area contributed by atoms with E-state index in [4.69, 9.17) is 0 Å². The number of fused-ring (bicyclic) bond motifs is 1. The Balaban J connectivity index is 2.48. The number of aliphatic hydroxyl groups is 1. The van der Waals surface area contributed by atoms with Gasteiger partial charge in [0.15, 0.2) is 11.2 Å². The molecule has 1 N–H and O–H groups in total. The molecule has 1 atom stereocenters. The molecule has 2 rings (SSSR count). The Morgan fingerprint density at radius 3 is 2.63 bits per heavy atom. The molecule has 7 nitrogen and oxygen atoms in total. The van der Waals surface area contributed by atoms with Crippen LogP contribution in [0.1, 0.15) is 19.8 Å². The van der Waals surface area contributed by atoms with E-state index in [1.165, 1.54) is 11.6 Å². The lowest BCUT2D eigenvalue weighted by Crippen LogP contribution is -2.37. The van der Waals surface area contributed by atoms with E-state index in [1.807, 2.05) is 0 Å². The summed E-state index contributed by atoms with van der Waals surface area (Å²) in [5.41, 5.74) is 0.0970. The van der Waals surface area contributed by atoms with Crippen LogP contribution in [0.15, 0.2) is 15.9 Å². The molecule has 0 amide bonds. The van der Waals surface area contributed by atoms with Gasteiger partial charge in [0.2, 0.25) is 0 Å². The first kappa shape index (κ1) is 13.5. The zero-order valence-electron chi connectivity index (χ0n) is 11.3. The second-order valence-corrected chi connectivity index (χ2v) is 4.81. The summed E-state index contributed by atoms with van der Waals surface area (Å²) in [7, 11) is 3.05. The van der Waals surface area contributed by atoms with Gasteiger partial charge in [0.1, 0.15) is 0 Å². The van der Waals surface area contributed by atoms with Gasteiger partial charge < -0.3 is 9.67 Å². The van der Waals surface area contributed by atoms with E-state index in [0.717, 1.165) is 11.0 Å². The normalized spacial score (nSPS) is 13.1. The van der Waals surface area contributed by atoms with Crippen molar-refractivity contribution in [3.8, 4) is 0 Å². The first-order valence-corrected chi connectivity index (χ1v) is 6.22. The number of aromatic nitrogens is 4. The largest absolute Gasteiger partial charge is 0.393 e. The van der Waals surface area contributed by atoms with Gasteiger partial charge in [-0.15, -0.1) is 0 Å². The lowest BCUT2D eigenvalue weighted by molar-refractivity contribution is 0.179. The van der Waals surface area contributed by atoms with E-state index in [9.17, 15) is 14.7 Å². The minimum Gasteiger partial charge on any atom is -0.393 e. The van der Waals surface area contributed by atoms with Gasteiger partial charge in [-0.2, -0.15) is 0 Å².